The van der Waals surface area contributed by atoms with Crippen LogP contribution in [0.3, 0.4) is 0 Å². The molecule has 4 rings (SSSR count). The molecule has 6 heteroatoms. The van der Waals surface area contributed by atoms with Gasteiger partial charge >= 0.3 is 0 Å². The van der Waals surface area contributed by atoms with Crippen molar-refractivity contribution in [2.75, 3.05) is 0 Å². The van der Waals surface area contributed by atoms with Gasteiger partial charge in [0, 0.05) is 23.7 Å². The van der Waals surface area contributed by atoms with Gasteiger partial charge in [0.05, 0.1) is 5.52 Å². The average Bonchev–Trinajstić information content (AvgIpc) is 3.30. The fraction of sp³-hybridized carbons (Fsp3) is 0.316. The molecular formula is C19H20N4O2. The number of ether oxygens (including phenoxy) is 1. The minimum Gasteiger partial charge on any atom is -0.474 e. The zero-order valence-corrected chi connectivity index (χ0v) is 13.9. The maximum absolute atomic E-state index is 12.5. The van der Waals surface area contributed by atoms with Crippen LogP contribution in [0.4, 0.5) is 0 Å². The summed E-state index contributed by atoms with van der Waals surface area (Å²) >= 11 is 0. The number of nitrogens with one attached hydrogen (secondary N) is 2. The second kappa shape index (κ2) is 6.93. The Bertz CT molecular complexity index is 884. The van der Waals surface area contributed by atoms with Crippen molar-refractivity contribution in [3.8, 4) is 5.88 Å². The summed E-state index contributed by atoms with van der Waals surface area (Å²) in [5.74, 6) is 0.398. The SMILES string of the molecule is O=C(NCc1cccnc1OC1CCCC1)c1n[nH]c2ccccc12. The monoisotopic (exact) mass is 336 g/mol. The molecule has 2 heterocycles. The van der Waals surface area contributed by atoms with Crippen molar-refractivity contribution in [3.05, 3.63) is 53.9 Å². The van der Waals surface area contributed by atoms with Gasteiger partial charge in [0.1, 0.15) is 6.10 Å². The lowest BCUT2D eigenvalue weighted by Crippen LogP contribution is -2.24. The zero-order chi connectivity index (χ0) is 17.1. The number of carbonyl (C=O) groups excluding carboxylic acids is 1. The van der Waals surface area contributed by atoms with Crippen LogP contribution >= 0.6 is 0 Å². The minimum atomic E-state index is -0.215. The van der Waals surface area contributed by atoms with Crippen molar-refractivity contribution >= 4 is 16.8 Å². The van der Waals surface area contributed by atoms with Gasteiger partial charge in [-0.05, 0) is 37.8 Å². The molecule has 25 heavy (non-hydrogen) atoms. The molecule has 0 saturated heterocycles. The Morgan fingerprint density at radius 3 is 2.92 bits per heavy atom. The van der Waals surface area contributed by atoms with Gasteiger partial charge in [0.15, 0.2) is 5.69 Å². The predicted molar refractivity (Wildman–Crippen MR) is 94.4 cm³/mol. The number of hydrogen-bond donors (Lipinski definition) is 2. The van der Waals surface area contributed by atoms with Crippen molar-refractivity contribution in [3.63, 3.8) is 0 Å². The highest BCUT2D eigenvalue weighted by Crippen LogP contribution is 2.25. The van der Waals surface area contributed by atoms with Gasteiger partial charge in [-0.15, -0.1) is 0 Å². The Hall–Kier alpha value is -2.89. The molecule has 1 aliphatic carbocycles. The van der Waals surface area contributed by atoms with Gasteiger partial charge < -0.3 is 10.1 Å². The van der Waals surface area contributed by atoms with E-state index in [2.05, 4.69) is 20.5 Å². The number of rotatable bonds is 5. The maximum Gasteiger partial charge on any atom is 0.272 e. The quantitative estimate of drug-likeness (QED) is 0.750. The van der Waals surface area contributed by atoms with Gasteiger partial charge in [-0.2, -0.15) is 5.10 Å². The number of aromatic amines is 1. The molecule has 1 amide bonds. The largest absolute Gasteiger partial charge is 0.474 e. The first-order chi connectivity index (χ1) is 12.3. The summed E-state index contributed by atoms with van der Waals surface area (Å²) in [5.41, 5.74) is 2.12. The highest BCUT2D eigenvalue weighted by molar-refractivity contribution is 6.04. The fourth-order valence-corrected chi connectivity index (χ4v) is 3.22. The number of amides is 1. The highest BCUT2D eigenvalue weighted by Gasteiger charge is 2.19. The Balaban J connectivity index is 1.46. The molecule has 1 fully saturated rings. The van der Waals surface area contributed by atoms with Crippen LogP contribution in [-0.4, -0.2) is 27.2 Å². The van der Waals surface area contributed by atoms with E-state index in [1.165, 1.54) is 12.8 Å². The van der Waals surface area contributed by atoms with Crippen LogP contribution < -0.4 is 10.1 Å². The summed E-state index contributed by atoms with van der Waals surface area (Å²) in [6.45, 7) is 0.357. The number of pyridine rings is 1. The molecule has 6 nitrogen and oxygen atoms in total. The standard InChI is InChI=1S/C19H20N4O2/c24-18(17-15-9-3-4-10-16(15)22-23-17)21-12-13-6-5-11-20-19(13)25-14-7-1-2-8-14/h3-6,9-11,14H,1-2,7-8,12H2,(H,21,24)(H,22,23). The van der Waals surface area contributed by atoms with E-state index < -0.39 is 0 Å². The number of hydrogen-bond acceptors (Lipinski definition) is 4. The molecular weight excluding hydrogens is 316 g/mol. The van der Waals surface area contributed by atoms with Crippen LogP contribution in [0.25, 0.3) is 10.9 Å². The Kier molecular flexibility index (Phi) is 4.33. The maximum atomic E-state index is 12.5. The summed E-state index contributed by atoms with van der Waals surface area (Å²) < 4.78 is 6.02. The van der Waals surface area contributed by atoms with Crippen LogP contribution in [0, 0.1) is 0 Å². The van der Waals surface area contributed by atoms with Crippen molar-refractivity contribution in [1.29, 1.82) is 0 Å². The van der Waals surface area contributed by atoms with Crippen LogP contribution in [0.1, 0.15) is 41.7 Å². The van der Waals surface area contributed by atoms with Crippen molar-refractivity contribution in [1.82, 2.24) is 20.5 Å². The molecule has 128 valence electrons. The second-order valence-electron chi connectivity index (χ2n) is 6.29. The predicted octanol–water partition coefficient (Wildman–Crippen LogP) is 3.21. The number of para-hydroxylation sites is 1. The number of fused-ring (bicyclic) bond motifs is 1. The molecule has 2 aromatic heterocycles. The van der Waals surface area contributed by atoms with E-state index in [4.69, 9.17) is 4.74 Å². The molecule has 0 bridgehead atoms. The van der Waals surface area contributed by atoms with Gasteiger partial charge in [-0.3, -0.25) is 9.89 Å². The molecule has 1 aliphatic rings. The fourth-order valence-electron chi connectivity index (χ4n) is 3.22. The first-order valence-electron chi connectivity index (χ1n) is 8.63. The lowest BCUT2D eigenvalue weighted by Gasteiger charge is -2.15. The van der Waals surface area contributed by atoms with Gasteiger partial charge in [-0.25, -0.2) is 4.98 Å². The Morgan fingerprint density at radius 1 is 1.20 bits per heavy atom. The normalized spacial score (nSPS) is 14.7. The summed E-state index contributed by atoms with van der Waals surface area (Å²) in [6.07, 6.45) is 6.51. The smallest absolute Gasteiger partial charge is 0.272 e. The average molecular weight is 336 g/mol. The van der Waals surface area contributed by atoms with E-state index in [-0.39, 0.29) is 12.0 Å². The van der Waals surface area contributed by atoms with Crippen LogP contribution in [0.5, 0.6) is 5.88 Å². The van der Waals surface area contributed by atoms with E-state index in [1.807, 2.05) is 36.4 Å². The van der Waals surface area contributed by atoms with E-state index in [9.17, 15) is 4.79 Å². The first kappa shape index (κ1) is 15.6. The van der Waals surface area contributed by atoms with Crippen LogP contribution in [0.15, 0.2) is 42.6 Å². The molecule has 0 radical (unpaired) electrons. The van der Waals surface area contributed by atoms with Crippen molar-refractivity contribution in [2.24, 2.45) is 0 Å². The van der Waals surface area contributed by atoms with E-state index >= 15 is 0 Å². The third-order valence-electron chi connectivity index (χ3n) is 4.56. The number of benzene rings is 1. The first-order valence-corrected chi connectivity index (χ1v) is 8.63. The van der Waals surface area contributed by atoms with E-state index in [0.717, 1.165) is 29.3 Å². The zero-order valence-electron chi connectivity index (χ0n) is 13.9. The molecule has 3 aromatic rings. The van der Waals surface area contributed by atoms with Gasteiger partial charge in [-0.1, -0.05) is 24.3 Å². The molecule has 0 atom stereocenters. The number of nitrogens with zero attached hydrogens (tertiary/aromatic N) is 2. The Morgan fingerprint density at radius 2 is 2.04 bits per heavy atom. The minimum absolute atomic E-state index is 0.215. The summed E-state index contributed by atoms with van der Waals surface area (Å²) in [4.78, 5) is 16.8. The summed E-state index contributed by atoms with van der Waals surface area (Å²) in [7, 11) is 0. The number of aromatic nitrogens is 3. The molecule has 2 N–H and O–H groups in total. The summed E-state index contributed by atoms with van der Waals surface area (Å²) in [5, 5.41) is 10.7. The molecule has 0 unspecified atom stereocenters. The third kappa shape index (κ3) is 3.33. The van der Waals surface area contributed by atoms with Crippen molar-refractivity contribution in [2.45, 2.75) is 38.3 Å². The molecule has 1 aromatic carbocycles. The number of H-pyrrole nitrogens is 1. The third-order valence-corrected chi connectivity index (χ3v) is 4.56. The molecule has 0 spiro atoms. The lowest BCUT2D eigenvalue weighted by atomic mass is 10.2. The lowest BCUT2D eigenvalue weighted by molar-refractivity contribution is 0.0947. The van der Waals surface area contributed by atoms with E-state index in [0.29, 0.717) is 18.1 Å². The van der Waals surface area contributed by atoms with Crippen LogP contribution in [-0.2, 0) is 6.54 Å². The van der Waals surface area contributed by atoms with Crippen molar-refractivity contribution < 1.29 is 9.53 Å². The molecule has 1 saturated carbocycles. The molecule has 0 aliphatic heterocycles. The van der Waals surface area contributed by atoms with Crippen LogP contribution in [0.2, 0.25) is 0 Å². The van der Waals surface area contributed by atoms with E-state index in [1.54, 1.807) is 6.20 Å². The van der Waals surface area contributed by atoms with Gasteiger partial charge in [0.25, 0.3) is 5.91 Å². The van der Waals surface area contributed by atoms with Gasteiger partial charge in [0.2, 0.25) is 5.88 Å². The number of carbonyl (C=O) groups is 1. The Labute approximate surface area is 145 Å². The second-order valence-corrected chi connectivity index (χ2v) is 6.29. The highest BCUT2D eigenvalue weighted by atomic mass is 16.5. The summed E-state index contributed by atoms with van der Waals surface area (Å²) in [6, 6.07) is 11.4. The topological polar surface area (TPSA) is 79.9 Å².